The van der Waals surface area contributed by atoms with Gasteiger partial charge in [-0.25, -0.2) is 0 Å². The fourth-order valence-corrected chi connectivity index (χ4v) is 1.65. The Labute approximate surface area is 113 Å². The second-order valence-corrected chi connectivity index (χ2v) is 4.18. The van der Waals surface area contributed by atoms with E-state index >= 15 is 0 Å². The van der Waals surface area contributed by atoms with E-state index in [2.05, 4.69) is 15.3 Å². The number of halogens is 1. The molecule has 0 saturated carbocycles. The molecule has 0 saturated heterocycles. The highest BCUT2D eigenvalue weighted by molar-refractivity contribution is 6.17. The zero-order valence-corrected chi connectivity index (χ0v) is 11.7. The summed E-state index contributed by atoms with van der Waals surface area (Å²) in [5.74, 6) is 2.26. The third-order valence-electron chi connectivity index (χ3n) is 2.44. The molecular weight excluding hydrogens is 254 g/mol. The number of anilines is 1. The number of unbranched alkanes of at least 4 members (excludes halogenated alkanes) is 3. The largest absolute Gasteiger partial charge is 0.481 e. The lowest BCUT2D eigenvalue weighted by Crippen LogP contribution is -2.07. The molecule has 1 heterocycles. The van der Waals surface area contributed by atoms with E-state index in [-0.39, 0.29) is 0 Å². The van der Waals surface area contributed by atoms with Gasteiger partial charge in [0.2, 0.25) is 17.7 Å². The summed E-state index contributed by atoms with van der Waals surface area (Å²) in [6, 6.07) is 1.64. The van der Waals surface area contributed by atoms with E-state index in [0.29, 0.717) is 17.7 Å². The lowest BCUT2D eigenvalue weighted by atomic mass is 10.2. The third-order valence-corrected chi connectivity index (χ3v) is 2.71. The van der Waals surface area contributed by atoms with Crippen LogP contribution in [0.1, 0.15) is 25.7 Å². The number of hydrogen-bond acceptors (Lipinski definition) is 5. The Morgan fingerprint density at radius 1 is 1.06 bits per heavy atom. The van der Waals surface area contributed by atoms with E-state index in [1.807, 2.05) is 0 Å². The van der Waals surface area contributed by atoms with Gasteiger partial charge in [-0.2, -0.15) is 9.97 Å². The van der Waals surface area contributed by atoms with Crippen LogP contribution in [0.15, 0.2) is 6.07 Å². The molecule has 5 nitrogen and oxygen atoms in total. The van der Waals surface area contributed by atoms with Crippen LogP contribution < -0.4 is 14.8 Å². The van der Waals surface area contributed by atoms with Gasteiger partial charge in [0.1, 0.15) is 0 Å². The molecule has 0 unspecified atom stereocenters. The van der Waals surface area contributed by atoms with E-state index in [9.17, 15) is 0 Å². The van der Waals surface area contributed by atoms with Crippen molar-refractivity contribution in [2.75, 3.05) is 32.0 Å². The van der Waals surface area contributed by atoms with Crippen molar-refractivity contribution < 1.29 is 9.47 Å². The van der Waals surface area contributed by atoms with Gasteiger partial charge in [0.25, 0.3) is 0 Å². The number of methoxy groups -OCH3 is 2. The molecule has 1 aromatic rings. The molecule has 0 radical (unpaired) electrons. The second-order valence-electron chi connectivity index (χ2n) is 3.81. The fourth-order valence-electron chi connectivity index (χ4n) is 1.47. The van der Waals surface area contributed by atoms with Crippen molar-refractivity contribution in [3.63, 3.8) is 0 Å². The SMILES string of the molecule is COc1cc(OC)nc(NCCCCCCCl)n1. The van der Waals surface area contributed by atoms with Crippen molar-refractivity contribution in [1.82, 2.24) is 9.97 Å². The number of alkyl halides is 1. The van der Waals surface area contributed by atoms with Crippen LogP contribution in [0.25, 0.3) is 0 Å². The first kappa shape index (κ1) is 14.8. The summed E-state index contributed by atoms with van der Waals surface area (Å²) in [7, 11) is 3.13. The summed E-state index contributed by atoms with van der Waals surface area (Å²) in [4.78, 5) is 8.38. The lowest BCUT2D eigenvalue weighted by molar-refractivity contribution is 0.373. The van der Waals surface area contributed by atoms with Crippen molar-refractivity contribution in [3.05, 3.63) is 6.07 Å². The van der Waals surface area contributed by atoms with Crippen molar-refractivity contribution in [3.8, 4) is 11.8 Å². The monoisotopic (exact) mass is 273 g/mol. The maximum absolute atomic E-state index is 5.61. The molecule has 0 spiro atoms. The molecule has 0 aliphatic rings. The summed E-state index contributed by atoms with van der Waals surface area (Å²) >= 11 is 5.61. The minimum absolute atomic E-state index is 0.492. The zero-order valence-electron chi connectivity index (χ0n) is 10.9. The molecule has 0 fully saturated rings. The molecule has 18 heavy (non-hydrogen) atoms. The highest BCUT2D eigenvalue weighted by Crippen LogP contribution is 2.17. The number of nitrogens with one attached hydrogen (secondary N) is 1. The molecule has 0 atom stereocenters. The Morgan fingerprint density at radius 2 is 1.67 bits per heavy atom. The van der Waals surface area contributed by atoms with Crippen LogP contribution in [0.2, 0.25) is 0 Å². The summed E-state index contributed by atoms with van der Waals surface area (Å²) in [6.07, 6.45) is 4.46. The predicted molar refractivity (Wildman–Crippen MR) is 72.8 cm³/mol. The van der Waals surface area contributed by atoms with Crippen molar-refractivity contribution in [2.45, 2.75) is 25.7 Å². The van der Waals surface area contributed by atoms with E-state index in [4.69, 9.17) is 21.1 Å². The number of hydrogen-bond donors (Lipinski definition) is 1. The average molecular weight is 274 g/mol. The predicted octanol–water partition coefficient (Wildman–Crippen LogP) is 2.70. The molecule has 102 valence electrons. The first-order valence-electron chi connectivity index (χ1n) is 6.07. The van der Waals surface area contributed by atoms with Gasteiger partial charge < -0.3 is 14.8 Å². The standard InChI is InChI=1S/C12H20ClN3O2/c1-17-10-9-11(18-2)16-12(15-10)14-8-6-4-3-5-7-13/h9H,3-8H2,1-2H3,(H,14,15,16). The molecular formula is C12H20ClN3O2. The topological polar surface area (TPSA) is 56.3 Å². The highest BCUT2D eigenvalue weighted by Gasteiger charge is 2.04. The van der Waals surface area contributed by atoms with Crippen molar-refractivity contribution >= 4 is 17.5 Å². The van der Waals surface area contributed by atoms with E-state index < -0.39 is 0 Å². The van der Waals surface area contributed by atoms with E-state index in [1.54, 1.807) is 20.3 Å². The smallest absolute Gasteiger partial charge is 0.229 e. The summed E-state index contributed by atoms with van der Waals surface area (Å²) in [5, 5.41) is 3.16. The molecule has 1 rings (SSSR count). The summed E-state index contributed by atoms with van der Waals surface area (Å²) < 4.78 is 10.1. The zero-order chi connectivity index (χ0) is 13.2. The van der Waals surface area contributed by atoms with Gasteiger partial charge in [0.15, 0.2) is 0 Å². The van der Waals surface area contributed by atoms with E-state index in [1.165, 1.54) is 0 Å². The van der Waals surface area contributed by atoms with Crippen LogP contribution in [-0.4, -0.2) is 36.6 Å². The molecule has 0 aromatic carbocycles. The van der Waals surface area contributed by atoms with Gasteiger partial charge in [-0.1, -0.05) is 12.8 Å². The van der Waals surface area contributed by atoms with Crippen LogP contribution in [-0.2, 0) is 0 Å². The minimum Gasteiger partial charge on any atom is -0.481 e. The van der Waals surface area contributed by atoms with Gasteiger partial charge in [0, 0.05) is 12.4 Å². The quantitative estimate of drug-likeness (QED) is 0.554. The van der Waals surface area contributed by atoms with Crippen LogP contribution >= 0.6 is 11.6 Å². The molecule has 1 N–H and O–H groups in total. The van der Waals surface area contributed by atoms with Crippen LogP contribution in [0, 0.1) is 0 Å². The van der Waals surface area contributed by atoms with E-state index in [0.717, 1.165) is 38.1 Å². The average Bonchev–Trinajstić information content (AvgIpc) is 2.42. The number of ether oxygens (including phenoxy) is 2. The molecule has 1 aromatic heterocycles. The summed E-state index contributed by atoms with van der Waals surface area (Å²) in [6.45, 7) is 0.832. The Kier molecular flexibility index (Phi) is 7.25. The Bertz CT molecular complexity index is 328. The second kappa shape index (κ2) is 8.80. The summed E-state index contributed by atoms with van der Waals surface area (Å²) in [5.41, 5.74) is 0. The van der Waals surface area contributed by atoms with Gasteiger partial charge in [-0.15, -0.1) is 11.6 Å². The van der Waals surface area contributed by atoms with Gasteiger partial charge in [-0.05, 0) is 12.8 Å². The third kappa shape index (κ3) is 5.40. The maximum atomic E-state index is 5.61. The lowest BCUT2D eigenvalue weighted by Gasteiger charge is -2.08. The van der Waals surface area contributed by atoms with Crippen LogP contribution in [0.4, 0.5) is 5.95 Å². The molecule has 0 aliphatic carbocycles. The number of rotatable bonds is 9. The highest BCUT2D eigenvalue weighted by atomic mass is 35.5. The Balaban J connectivity index is 2.36. The van der Waals surface area contributed by atoms with Crippen molar-refractivity contribution in [1.29, 1.82) is 0 Å². The van der Waals surface area contributed by atoms with Crippen molar-refractivity contribution in [2.24, 2.45) is 0 Å². The first-order chi connectivity index (χ1) is 8.80. The maximum Gasteiger partial charge on any atom is 0.229 e. The molecule has 0 amide bonds. The Morgan fingerprint density at radius 3 is 2.22 bits per heavy atom. The number of nitrogens with zero attached hydrogens (tertiary/aromatic N) is 2. The van der Waals surface area contributed by atoms with Gasteiger partial charge in [0.05, 0.1) is 20.3 Å². The fraction of sp³-hybridized carbons (Fsp3) is 0.667. The molecule has 6 heteroatoms. The number of aromatic nitrogens is 2. The molecule has 0 bridgehead atoms. The van der Waals surface area contributed by atoms with Gasteiger partial charge >= 0.3 is 0 Å². The van der Waals surface area contributed by atoms with Crippen LogP contribution in [0.5, 0.6) is 11.8 Å². The Hall–Kier alpha value is -1.23. The first-order valence-corrected chi connectivity index (χ1v) is 6.60. The van der Waals surface area contributed by atoms with Crippen LogP contribution in [0.3, 0.4) is 0 Å². The normalized spacial score (nSPS) is 10.2. The molecule has 0 aliphatic heterocycles. The minimum atomic E-state index is 0.492. The van der Waals surface area contributed by atoms with Gasteiger partial charge in [-0.3, -0.25) is 0 Å².